The molecule has 0 aliphatic carbocycles. The molecule has 0 radical (unpaired) electrons. The monoisotopic (exact) mass is 490 g/mol. The summed E-state index contributed by atoms with van der Waals surface area (Å²) < 4.78 is 6.74. The van der Waals surface area contributed by atoms with Crippen molar-refractivity contribution in [3.63, 3.8) is 0 Å². The average Bonchev–Trinajstić information content (AvgIpc) is 3.29. The normalized spacial score (nSPS) is 10.9. The minimum Gasteiger partial charge on any atom is -0.465 e. The molecule has 7 nitrogen and oxygen atoms in total. The Morgan fingerprint density at radius 1 is 0.865 bits per heavy atom. The van der Waals surface area contributed by atoms with Crippen LogP contribution >= 0.6 is 0 Å². The fraction of sp³-hybridized carbons (Fsp3) is 0.133. The second kappa shape index (κ2) is 9.70. The average molecular weight is 491 g/mol. The van der Waals surface area contributed by atoms with Crippen LogP contribution in [0.2, 0.25) is 0 Å². The summed E-state index contributed by atoms with van der Waals surface area (Å²) in [6.45, 7) is 5.99. The fourth-order valence-electron chi connectivity index (χ4n) is 4.34. The van der Waals surface area contributed by atoms with Crippen molar-refractivity contribution in [2.45, 2.75) is 20.8 Å². The van der Waals surface area contributed by atoms with E-state index in [2.05, 4.69) is 10.4 Å². The van der Waals surface area contributed by atoms with E-state index < -0.39 is 5.97 Å². The minimum atomic E-state index is -0.522. The maximum absolute atomic E-state index is 13.6. The summed E-state index contributed by atoms with van der Waals surface area (Å²) in [5.74, 6) is -0.870. The van der Waals surface area contributed by atoms with E-state index in [0.717, 1.165) is 27.9 Å². The van der Waals surface area contributed by atoms with Gasteiger partial charge in [0.1, 0.15) is 0 Å². The van der Waals surface area contributed by atoms with E-state index in [9.17, 15) is 9.59 Å². The van der Waals surface area contributed by atoms with Crippen molar-refractivity contribution in [2.24, 2.45) is 0 Å². The number of aromatic nitrogens is 3. The highest BCUT2D eigenvalue weighted by molar-refractivity contribution is 6.14. The third-order valence-corrected chi connectivity index (χ3v) is 6.35. The standard InChI is InChI=1S/C30H26N4O3/c1-18-9-12-21(13-10-18)34-20(3)25(17-31-34)28-16-24(23-15-19(2)11-14-27(23)32-28)29(35)33-26-8-6-5-7-22(26)30(36)37-4/h5-17H,1-4H3,(H,33,35). The summed E-state index contributed by atoms with van der Waals surface area (Å²) in [5, 5.41) is 8.21. The van der Waals surface area contributed by atoms with Crippen LogP contribution in [0, 0.1) is 20.8 Å². The van der Waals surface area contributed by atoms with Crippen LogP contribution in [0.15, 0.2) is 79.0 Å². The molecular weight excluding hydrogens is 464 g/mol. The summed E-state index contributed by atoms with van der Waals surface area (Å²) in [6, 6.07) is 22.5. The number of hydrogen-bond donors (Lipinski definition) is 1. The Balaban J connectivity index is 1.61. The van der Waals surface area contributed by atoms with E-state index in [1.54, 1.807) is 36.5 Å². The zero-order valence-electron chi connectivity index (χ0n) is 21.1. The lowest BCUT2D eigenvalue weighted by molar-refractivity contribution is 0.0602. The van der Waals surface area contributed by atoms with Gasteiger partial charge in [0.25, 0.3) is 5.91 Å². The number of pyridine rings is 1. The van der Waals surface area contributed by atoms with Crippen molar-refractivity contribution in [1.82, 2.24) is 14.8 Å². The van der Waals surface area contributed by atoms with Crippen LogP contribution in [0.25, 0.3) is 27.8 Å². The Kier molecular flexibility index (Phi) is 6.27. The number of anilines is 1. The first-order chi connectivity index (χ1) is 17.9. The third kappa shape index (κ3) is 4.59. The number of ether oxygens (including phenoxy) is 1. The van der Waals surface area contributed by atoms with Crippen molar-refractivity contribution in [2.75, 3.05) is 12.4 Å². The number of rotatable bonds is 5. The van der Waals surface area contributed by atoms with Crippen molar-refractivity contribution < 1.29 is 14.3 Å². The lowest BCUT2D eigenvalue weighted by Crippen LogP contribution is -2.16. The largest absolute Gasteiger partial charge is 0.465 e. The first-order valence-corrected chi connectivity index (χ1v) is 11.9. The number of nitrogens with one attached hydrogen (secondary N) is 1. The van der Waals surface area contributed by atoms with Crippen molar-refractivity contribution in [1.29, 1.82) is 0 Å². The third-order valence-electron chi connectivity index (χ3n) is 6.35. The summed E-state index contributed by atoms with van der Waals surface area (Å²) >= 11 is 0. The van der Waals surface area contributed by atoms with Crippen LogP contribution in [0.5, 0.6) is 0 Å². The molecule has 2 aromatic heterocycles. The van der Waals surface area contributed by atoms with Gasteiger partial charge in [-0.1, -0.05) is 41.5 Å². The number of para-hydroxylation sites is 1. The molecule has 0 aliphatic heterocycles. The van der Waals surface area contributed by atoms with Gasteiger partial charge < -0.3 is 10.1 Å². The lowest BCUT2D eigenvalue weighted by Gasteiger charge is -2.13. The Morgan fingerprint density at radius 2 is 1.59 bits per heavy atom. The molecule has 0 saturated heterocycles. The highest BCUT2D eigenvalue weighted by atomic mass is 16.5. The van der Waals surface area contributed by atoms with Crippen LogP contribution in [0.3, 0.4) is 0 Å². The number of carbonyl (C=O) groups excluding carboxylic acids is 2. The molecule has 7 heteroatoms. The Bertz CT molecular complexity index is 1650. The van der Waals surface area contributed by atoms with Gasteiger partial charge >= 0.3 is 5.97 Å². The number of amides is 1. The van der Waals surface area contributed by atoms with Gasteiger partial charge in [0.15, 0.2) is 0 Å². The molecule has 0 fully saturated rings. The molecule has 0 spiro atoms. The molecule has 3 aromatic carbocycles. The van der Waals surface area contributed by atoms with Gasteiger partial charge in [0.05, 0.1) is 52.7 Å². The first kappa shape index (κ1) is 23.9. The molecule has 184 valence electrons. The summed E-state index contributed by atoms with van der Waals surface area (Å²) in [6.07, 6.45) is 1.77. The number of methoxy groups -OCH3 is 1. The van der Waals surface area contributed by atoms with Gasteiger partial charge in [0, 0.05) is 10.9 Å². The number of hydrogen-bond acceptors (Lipinski definition) is 5. The highest BCUT2D eigenvalue weighted by Crippen LogP contribution is 2.30. The second-order valence-electron chi connectivity index (χ2n) is 8.96. The van der Waals surface area contributed by atoms with E-state index in [1.165, 1.54) is 12.7 Å². The van der Waals surface area contributed by atoms with Crippen LogP contribution in [-0.4, -0.2) is 33.8 Å². The Labute approximate surface area is 214 Å². The van der Waals surface area contributed by atoms with Gasteiger partial charge in [-0.2, -0.15) is 5.10 Å². The molecule has 0 saturated carbocycles. The van der Waals surface area contributed by atoms with Crippen molar-refractivity contribution in [3.05, 3.63) is 107 Å². The molecule has 5 rings (SSSR count). The molecule has 0 unspecified atom stereocenters. The van der Waals surface area contributed by atoms with Gasteiger partial charge in [-0.15, -0.1) is 0 Å². The zero-order valence-corrected chi connectivity index (χ0v) is 21.1. The maximum atomic E-state index is 13.6. The maximum Gasteiger partial charge on any atom is 0.339 e. The molecular formula is C30H26N4O3. The number of nitrogens with zero attached hydrogens (tertiary/aromatic N) is 3. The smallest absolute Gasteiger partial charge is 0.339 e. The van der Waals surface area contributed by atoms with Crippen molar-refractivity contribution in [3.8, 4) is 16.9 Å². The predicted molar refractivity (Wildman–Crippen MR) is 144 cm³/mol. The van der Waals surface area contributed by atoms with E-state index in [1.807, 2.05) is 67.9 Å². The van der Waals surface area contributed by atoms with Crippen LogP contribution < -0.4 is 5.32 Å². The topological polar surface area (TPSA) is 86.1 Å². The van der Waals surface area contributed by atoms with Crippen LogP contribution in [0.1, 0.15) is 37.5 Å². The van der Waals surface area contributed by atoms with E-state index >= 15 is 0 Å². The Hall–Kier alpha value is -4.78. The summed E-state index contributed by atoms with van der Waals surface area (Å²) in [4.78, 5) is 30.7. The number of carbonyl (C=O) groups is 2. The zero-order chi connectivity index (χ0) is 26.1. The van der Waals surface area contributed by atoms with E-state index in [4.69, 9.17) is 9.72 Å². The van der Waals surface area contributed by atoms with Crippen LogP contribution in [-0.2, 0) is 4.74 Å². The quantitative estimate of drug-likeness (QED) is 0.303. The van der Waals surface area contributed by atoms with Gasteiger partial charge in [-0.3, -0.25) is 4.79 Å². The SMILES string of the molecule is COC(=O)c1ccccc1NC(=O)c1cc(-c2cnn(-c3ccc(C)cc3)c2C)nc2ccc(C)cc12. The molecule has 0 bridgehead atoms. The van der Waals surface area contributed by atoms with Gasteiger partial charge in [0.2, 0.25) is 0 Å². The second-order valence-corrected chi connectivity index (χ2v) is 8.96. The van der Waals surface area contributed by atoms with Gasteiger partial charge in [-0.25, -0.2) is 14.5 Å². The van der Waals surface area contributed by atoms with Gasteiger partial charge in [-0.05, 0) is 63.2 Å². The number of aryl methyl sites for hydroxylation is 2. The molecule has 1 N–H and O–H groups in total. The highest BCUT2D eigenvalue weighted by Gasteiger charge is 2.20. The first-order valence-electron chi connectivity index (χ1n) is 11.9. The predicted octanol–water partition coefficient (Wildman–Crippen LogP) is 6.05. The molecule has 5 aromatic rings. The Morgan fingerprint density at radius 3 is 2.35 bits per heavy atom. The van der Waals surface area contributed by atoms with E-state index in [0.29, 0.717) is 22.5 Å². The summed E-state index contributed by atoms with van der Waals surface area (Å²) in [7, 11) is 1.31. The summed E-state index contributed by atoms with van der Waals surface area (Å²) in [5.41, 5.74) is 7.30. The molecule has 2 heterocycles. The minimum absolute atomic E-state index is 0.281. The molecule has 1 amide bonds. The fourth-order valence-corrected chi connectivity index (χ4v) is 4.34. The molecule has 0 aliphatic rings. The number of benzene rings is 3. The van der Waals surface area contributed by atoms with Crippen LogP contribution in [0.4, 0.5) is 5.69 Å². The molecule has 0 atom stereocenters. The van der Waals surface area contributed by atoms with Crippen molar-refractivity contribution >= 4 is 28.5 Å². The van der Waals surface area contributed by atoms with E-state index in [-0.39, 0.29) is 11.5 Å². The molecule has 37 heavy (non-hydrogen) atoms. The number of esters is 1. The lowest BCUT2D eigenvalue weighted by atomic mass is 10.0. The number of fused-ring (bicyclic) bond motifs is 1.